The van der Waals surface area contributed by atoms with Crippen LogP contribution in [0.1, 0.15) is 0 Å². The number of rotatable bonds is 0. The van der Waals surface area contributed by atoms with Gasteiger partial charge in [0.2, 0.25) is 0 Å². The molecule has 76 valence electrons. The number of hydrogen-bond acceptors (Lipinski definition) is 3. The van der Waals surface area contributed by atoms with Crippen LogP contribution >= 0.6 is 11.3 Å². The largest absolute Gasteiger partial charge is 0.464 e. The molecule has 0 N–H and O–H groups in total. The van der Waals surface area contributed by atoms with E-state index in [2.05, 4.69) is 29.2 Å². The van der Waals surface area contributed by atoms with Crippen LogP contribution in [0.4, 0.5) is 0 Å². The van der Waals surface area contributed by atoms with Gasteiger partial charge in [-0.1, -0.05) is 0 Å². The highest BCUT2D eigenvalue weighted by Crippen LogP contribution is 2.28. The number of aromatic nitrogens is 1. The van der Waals surface area contributed by atoms with E-state index in [0.29, 0.717) is 0 Å². The molecule has 0 unspecified atom stereocenters. The van der Waals surface area contributed by atoms with Crippen molar-refractivity contribution in [3.8, 4) is 0 Å². The molecule has 2 nitrogen and oxygen atoms in total. The summed E-state index contributed by atoms with van der Waals surface area (Å²) >= 11 is 1.68. The second-order valence-corrected chi connectivity index (χ2v) is 4.72. The molecule has 0 spiro atoms. The summed E-state index contributed by atoms with van der Waals surface area (Å²) in [6.07, 6.45) is 1.73. The average molecular weight is 225 g/mol. The zero-order valence-electron chi connectivity index (χ0n) is 8.31. The Morgan fingerprint density at radius 1 is 1.00 bits per heavy atom. The molecule has 0 atom stereocenters. The number of thiazole rings is 1. The lowest BCUT2D eigenvalue weighted by molar-refractivity contribution is 0.616. The predicted molar refractivity (Wildman–Crippen MR) is 66.9 cm³/mol. The van der Waals surface area contributed by atoms with Gasteiger partial charge >= 0.3 is 0 Å². The Labute approximate surface area is 95.1 Å². The van der Waals surface area contributed by atoms with Crippen molar-refractivity contribution in [3.63, 3.8) is 0 Å². The second kappa shape index (κ2) is 2.83. The van der Waals surface area contributed by atoms with Gasteiger partial charge in [0.15, 0.2) is 0 Å². The monoisotopic (exact) mass is 225 g/mol. The van der Waals surface area contributed by atoms with Gasteiger partial charge in [-0.2, -0.15) is 0 Å². The molecule has 0 radical (unpaired) electrons. The minimum atomic E-state index is 0.932. The van der Waals surface area contributed by atoms with E-state index in [9.17, 15) is 0 Å². The summed E-state index contributed by atoms with van der Waals surface area (Å²) in [5, 5.41) is 3.57. The molecule has 4 rings (SSSR count). The highest BCUT2D eigenvalue weighted by molar-refractivity contribution is 7.16. The van der Waals surface area contributed by atoms with E-state index in [1.807, 2.05) is 11.6 Å². The molecule has 0 bridgehead atoms. The fourth-order valence-electron chi connectivity index (χ4n) is 2.06. The summed E-state index contributed by atoms with van der Waals surface area (Å²) < 4.78 is 6.63. The average Bonchev–Trinajstić information content (AvgIpc) is 2.89. The molecule has 16 heavy (non-hydrogen) atoms. The lowest BCUT2D eigenvalue weighted by atomic mass is 10.1. The van der Waals surface area contributed by atoms with E-state index in [1.54, 1.807) is 17.6 Å². The third-order valence-electron chi connectivity index (χ3n) is 2.86. The summed E-state index contributed by atoms with van der Waals surface area (Å²) in [6.45, 7) is 0. The highest BCUT2D eigenvalue weighted by atomic mass is 32.1. The van der Waals surface area contributed by atoms with Crippen LogP contribution in [0.3, 0.4) is 0 Å². The van der Waals surface area contributed by atoms with Crippen molar-refractivity contribution in [3.05, 3.63) is 42.1 Å². The second-order valence-electron chi connectivity index (χ2n) is 3.83. The fourth-order valence-corrected chi connectivity index (χ4v) is 2.77. The van der Waals surface area contributed by atoms with E-state index < -0.39 is 0 Å². The summed E-state index contributed by atoms with van der Waals surface area (Å²) in [7, 11) is 0. The van der Waals surface area contributed by atoms with Gasteiger partial charge in [0.05, 0.1) is 22.0 Å². The number of furan rings is 1. The molecule has 2 aromatic heterocycles. The quantitative estimate of drug-likeness (QED) is 0.448. The van der Waals surface area contributed by atoms with Crippen molar-refractivity contribution in [1.82, 2.24) is 4.98 Å². The van der Waals surface area contributed by atoms with E-state index in [1.165, 1.54) is 15.5 Å². The van der Waals surface area contributed by atoms with Crippen molar-refractivity contribution in [1.29, 1.82) is 0 Å². The van der Waals surface area contributed by atoms with Crippen molar-refractivity contribution in [2.45, 2.75) is 0 Å². The Hall–Kier alpha value is -1.87. The Morgan fingerprint density at radius 2 is 1.94 bits per heavy atom. The van der Waals surface area contributed by atoms with Crippen molar-refractivity contribution >= 4 is 43.3 Å². The molecule has 2 heterocycles. The zero-order valence-corrected chi connectivity index (χ0v) is 9.12. The molecule has 0 aliphatic heterocycles. The maximum Gasteiger partial charge on any atom is 0.134 e. The molecule has 0 aliphatic carbocycles. The molecule has 2 aromatic carbocycles. The van der Waals surface area contributed by atoms with Crippen molar-refractivity contribution in [2.75, 3.05) is 0 Å². The van der Waals surface area contributed by atoms with Crippen LogP contribution in [0.15, 0.2) is 46.5 Å². The number of benzene rings is 2. The summed E-state index contributed by atoms with van der Waals surface area (Å²) in [6, 6.07) is 10.5. The van der Waals surface area contributed by atoms with Gasteiger partial charge in [0, 0.05) is 5.39 Å². The Bertz CT molecular complexity index is 683. The lowest BCUT2D eigenvalue weighted by Gasteiger charge is -1.98. The van der Waals surface area contributed by atoms with Crippen LogP contribution in [-0.4, -0.2) is 4.98 Å². The Morgan fingerprint density at radius 3 is 2.94 bits per heavy atom. The normalized spacial score (nSPS) is 11.8. The first-order valence-corrected chi connectivity index (χ1v) is 5.92. The van der Waals surface area contributed by atoms with Gasteiger partial charge in [-0.3, -0.25) is 0 Å². The smallest absolute Gasteiger partial charge is 0.134 e. The SMILES string of the molecule is c1cc2cc3cc4scnc4cc3cc2o1. The molecular weight excluding hydrogens is 218 g/mol. The Balaban J connectivity index is 2.26. The van der Waals surface area contributed by atoms with Crippen LogP contribution in [0.5, 0.6) is 0 Å². The molecular formula is C13H7NOS. The van der Waals surface area contributed by atoms with Crippen LogP contribution < -0.4 is 0 Å². The predicted octanol–water partition coefficient (Wildman–Crippen LogP) is 4.20. The van der Waals surface area contributed by atoms with Gasteiger partial charge in [-0.15, -0.1) is 11.3 Å². The van der Waals surface area contributed by atoms with E-state index in [4.69, 9.17) is 4.42 Å². The molecule has 0 saturated heterocycles. The third-order valence-corrected chi connectivity index (χ3v) is 3.65. The number of hydrogen-bond donors (Lipinski definition) is 0. The van der Waals surface area contributed by atoms with Crippen LogP contribution in [0.2, 0.25) is 0 Å². The van der Waals surface area contributed by atoms with E-state index >= 15 is 0 Å². The molecule has 0 fully saturated rings. The van der Waals surface area contributed by atoms with Crippen LogP contribution in [0, 0.1) is 0 Å². The summed E-state index contributed by atoms with van der Waals surface area (Å²) in [4.78, 5) is 4.32. The summed E-state index contributed by atoms with van der Waals surface area (Å²) in [5.74, 6) is 0. The molecule has 4 aromatic rings. The third kappa shape index (κ3) is 1.03. The highest BCUT2D eigenvalue weighted by Gasteiger charge is 2.03. The molecule has 3 heteroatoms. The van der Waals surface area contributed by atoms with Crippen LogP contribution in [0.25, 0.3) is 32.0 Å². The minimum Gasteiger partial charge on any atom is -0.464 e. The number of fused-ring (bicyclic) bond motifs is 3. The van der Waals surface area contributed by atoms with Gasteiger partial charge < -0.3 is 4.42 Å². The van der Waals surface area contributed by atoms with Gasteiger partial charge in [0.1, 0.15) is 5.58 Å². The first-order chi connectivity index (χ1) is 7.90. The molecule has 0 amide bonds. The molecule has 0 saturated carbocycles. The molecule has 0 aliphatic rings. The van der Waals surface area contributed by atoms with E-state index in [0.717, 1.165) is 16.5 Å². The standard InChI is InChI=1S/C13H7NOS/c1-2-15-12-5-10-4-11-13(16-7-14-11)6-9(10)3-8(1)12/h1-7H. The zero-order chi connectivity index (χ0) is 10.5. The van der Waals surface area contributed by atoms with Crippen molar-refractivity contribution < 1.29 is 4.42 Å². The maximum atomic E-state index is 5.40. The van der Waals surface area contributed by atoms with Gasteiger partial charge in [-0.25, -0.2) is 4.98 Å². The minimum absolute atomic E-state index is 0.932. The first-order valence-electron chi connectivity index (χ1n) is 5.04. The maximum absolute atomic E-state index is 5.40. The fraction of sp³-hybridized carbons (Fsp3) is 0. The first kappa shape index (κ1) is 8.30. The van der Waals surface area contributed by atoms with Gasteiger partial charge in [0.25, 0.3) is 0 Å². The topological polar surface area (TPSA) is 26.0 Å². The Kier molecular flexibility index (Phi) is 1.47. The summed E-state index contributed by atoms with van der Waals surface area (Å²) in [5.41, 5.74) is 3.87. The lowest BCUT2D eigenvalue weighted by Crippen LogP contribution is -1.74. The van der Waals surface area contributed by atoms with Crippen molar-refractivity contribution in [2.24, 2.45) is 0 Å². The number of nitrogens with zero attached hydrogens (tertiary/aromatic N) is 1. The van der Waals surface area contributed by atoms with Gasteiger partial charge in [-0.05, 0) is 41.1 Å². The van der Waals surface area contributed by atoms with Crippen LogP contribution in [-0.2, 0) is 0 Å². The van der Waals surface area contributed by atoms with E-state index in [-0.39, 0.29) is 0 Å².